The fourth-order valence-corrected chi connectivity index (χ4v) is 4.43. The predicted octanol–water partition coefficient (Wildman–Crippen LogP) is 3.68. The lowest BCUT2D eigenvalue weighted by atomic mass is 9.94. The van der Waals surface area contributed by atoms with Crippen molar-refractivity contribution in [3.05, 3.63) is 89.0 Å². The van der Waals surface area contributed by atoms with E-state index in [9.17, 15) is 19.5 Å². The minimum Gasteiger partial charge on any atom is -0.507 e. The number of carboxylic acids is 1. The lowest BCUT2D eigenvalue weighted by molar-refractivity contribution is -0.136. The number of hydrogen-bond acceptors (Lipinski definition) is 7. The van der Waals surface area contributed by atoms with Gasteiger partial charge in [0.05, 0.1) is 25.1 Å². The fraction of sp³-hybridized carbons (Fsp3) is 0.148. The third-order valence-corrected chi connectivity index (χ3v) is 6.09. The van der Waals surface area contributed by atoms with E-state index < -0.39 is 23.7 Å². The minimum atomic E-state index is -1.00. The maximum atomic E-state index is 13.3. The van der Waals surface area contributed by atoms with Gasteiger partial charge in [0.1, 0.15) is 11.5 Å². The summed E-state index contributed by atoms with van der Waals surface area (Å²) in [4.78, 5) is 39.0. The second-order valence-corrected chi connectivity index (χ2v) is 8.22. The predicted molar refractivity (Wildman–Crippen MR) is 128 cm³/mol. The molecule has 182 valence electrons. The van der Waals surface area contributed by atoms with Gasteiger partial charge in [-0.05, 0) is 42.0 Å². The van der Waals surface area contributed by atoms with Gasteiger partial charge in [0.15, 0.2) is 11.5 Å². The van der Waals surface area contributed by atoms with Crippen molar-refractivity contribution in [2.45, 2.75) is 12.5 Å². The number of hydrogen-bond donors (Lipinski definition) is 2. The molecule has 1 fully saturated rings. The molecule has 0 bridgehead atoms. The van der Waals surface area contributed by atoms with Gasteiger partial charge in [0, 0.05) is 16.8 Å². The number of carbonyl (C=O) groups is 3. The molecule has 9 heteroatoms. The standard InChI is InChI=1S/C27H21NO8/c1-34-19-5-3-2-4-18(19)24-23(25(31)16-8-11-20-21(13-16)36-14-35-20)26(32)27(33)28(24)17-9-6-15(7-10-17)12-22(29)30/h2-11,13,24,31H,12,14H2,1H3,(H,29,30)/b25-23+. The number of benzene rings is 3. The highest BCUT2D eigenvalue weighted by Gasteiger charge is 2.48. The quantitative estimate of drug-likeness (QED) is 0.307. The zero-order valence-electron chi connectivity index (χ0n) is 19.1. The van der Waals surface area contributed by atoms with Gasteiger partial charge in [0.2, 0.25) is 6.79 Å². The van der Waals surface area contributed by atoms with E-state index >= 15 is 0 Å². The number of Topliss-reactive ketones (excluding diaryl/α,β-unsaturated/α-hetero) is 1. The summed E-state index contributed by atoms with van der Waals surface area (Å²) in [6, 6.07) is 17.0. The van der Waals surface area contributed by atoms with Crippen LogP contribution in [0.5, 0.6) is 17.2 Å². The molecule has 9 nitrogen and oxygen atoms in total. The number of amides is 1. The van der Waals surface area contributed by atoms with Crippen molar-refractivity contribution in [2.75, 3.05) is 18.8 Å². The molecule has 36 heavy (non-hydrogen) atoms. The van der Waals surface area contributed by atoms with Crippen LogP contribution in [0, 0.1) is 0 Å². The molecule has 2 heterocycles. The van der Waals surface area contributed by atoms with Crippen molar-refractivity contribution in [2.24, 2.45) is 0 Å². The lowest BCUT2D eigenvalue weighted by Crippen LogP contribution is -2.29. The summed E-state index contributed by atoms with van der Waals surface area (Å²) in [6.07, 6.45) is -0.181. The Balaban J connectivity index is 1.68. The van der Waals surface area contributed by atoms with E-state index in [4.69, 9.17) is 19.3 Å². The average Bonchev–Trinajstić information content (AvgIpc) is 3.45. The monoisotopic (exact) mass is 487 g/mol. The molecule has 1 unspecified atom stereocenters. The number of aliphatic carboxylic acids is 1. The first-order chi connectivity index (χ1) is 17.4. The Labute approximate surface area is 205 Å². The molecule has 3 aromatic rings. The normalized spacial score (nSPS) is 17.9. The Morgan fingerprint density at radius 3 is 2.44 bits per heavy atom. The minimum absolute atomic E-state index is 0.0447. The Hall–Kier alpha value is -4.79. The topological polar surface area (TPSA) is 123 Å². The molecule has 0 aliphatic carbocycles. The van der Waals surface area contributed by atoms with Crippen LogP contribution in [0.15, 0.2) is 72.3 Å². The van der Waals surface area contributed by atoms with E-state index in [-0.39, 0.29) is 30.1 Å². The van der Waals surface area contributed by atoms with Crippen LogP contribution in [0.4, 0.5) is 5.69 Å². The van der Waals surface area contributed by atoms with E-state index in [1.807, 2.05) is 0 Å². The van der Waals surface area contributed by atoms with Crippen LogP contribution < -0.4 is 19.1 Å². The highest BCUT2D eigenvalue weighted by molar-refractivity contribution is 6.51. The summed E-state index contributed by atoms with van der Waals surface area (Å²) in [5.74, 6) is -1.71. The summed E-state index contributed by atoms with van der Waals surface area (Å²) < 4.78 is 16.2. The highest BCUT2D eigenvalue weighted by atomic mass is 16.7. The molecule has 2 N–H and O–H groups in total. The van der Waals surface area contributed by atoms with Gasteiger partial charge in [-0.25, -0.2) is 0 Å². The second-order valence-electron chi connectivity index (χ2n) is 8.22. The Morgan fingerprint density at radius 1 is 1.00 bits per heavy atom. The average molecular weight is 487 g/mol. The Bertz CT molecular complexity index is 1410. The molecule has 2 aliphatic rings. The van der Waals surface area contributed by atoms with Crippen molar-refractivity contribution in [3.8, 4) is 17.2 Å². The van der Waals surface area contributed by atoms with Gasteiger partial charge < -0.3 is 24.4 Å². The van der Waals surface area contributed by atoms with Gasteiger partial charge in [-0.2, -0.15) is 0 Å². The molecular formula is C27H21NO8. The maximum absolute atomic E-state index is 13.3. The summed E-state index contributed by atoms with van der Waals surface area (Å²) >= 11 is 0. The molecule has 1 saturated heterocycles. The smallest absolute Gasteiger partial charge is 0.307 e. The first kappa shape index (κ1) is 23.0. The molecule has 1 atom stereocenters. The zero-order chi connectivity index (χ0) is 25.4. The largest absolute Gasteiger partial charge is 0.507 e. The van der Waals surface area contributed by atoms with E-state index in [2.05, 4.69) is 0 Å². The van der Waals surface area contributed by atoms with Crippen LogP contribution in [0.25, 0.3) is 5.76 Å². The van der Waals surface area contributed by atoms with Gasteiger partial charge in [-0.1, -0.05) is 30.3 Å². The van der Waals surface area contributed by atoms with Crippen molar-refractivity contribution < 1.29 is 38.8 Å². The number of methoxy groups -OCH3 is 1. The Morgan fingerprint density at radius 2 is 1.72 bits per heavy atom. The van der Waals surface area contributed by atoms with Crippen molar-refractivity contribution in [3.63, 3.8) is 0 Å². The summed E-state index contributed by atoms with van der Waals surface area (Å²) in [6.45, 7) is 0.0447. The van der Waals surface area contributed by atoms with Gasteiger partial charge in [-0.15, -0.1) is 0 Å². The first-order valence-corrected chi connectivity index (χ1v) is 11.0. The first-order valence-electron chi connectivity index (χ1n) is 11.0. The van der Waals surface area contributed by atoms with E-state index in [1.54, 1.807) is 66.7 Å². The molecular weight excluding hydrogens is 466 g/mol. The number of aliphatic hydroxyl groups excluding tert-OH is 1. The molecule has 2 aliphatic heterocycles. The molecule has 0 radical (unpaired) electrons. The van der Waals surface area contributed by atoms with Gasteiger partial charge in [-0.3, -0.25) is 19.3 Å². The number of ketones is 1. The molecule has 0 spiro atoms. The fourth-order valence-electron chi connectivity index (χ4n) is 4.43. The van der Waals surface area contributed by atoms with Crippen LogP contribution in [-0.4, -0.2) is 41.8 Å². The number of carboxylic acid groups (broad SMARTS) is 1. The molecule has 5 rings (SSSR count). The van der Waals surface area contributed by atoms with Crippen molar-refractivity contribution in [1.29, 1.82) is 0 Å². The third kappa shape index (κ3) is 3.90. The van der Waals surface area contributed by atoms with E-state index in [1.165, 1.54) is 12.0 Å². The molecule has 0 saturated carbocycles. The third-order valence-electron chi connectivity index (χ3n) is 6.09. The summed E-state index contributed by atoms with van der Waals surface area (Å²) in [5, 5.41) is 20.4. The second kappa shape index (κ2) is 9.10. The molecule has 3 aromatic carbocycles. The van der Waals surface area contributed by atoms with Crippen LogP contribution in [0.1, 0.15) is 22.7 Å². The van der Waals surface area contributed by atoms with Crippen molar-refractivity contribution in [1.82, 2.24) is 0 Å². The molecule has 1 amide bonds. The summed E-state index contributed by atoms with van der Waals surface area (Å²) in [7, 11) is 1.48. The van der Waals surface area contributed by atoms with Gasteiger partial charge >= 0.3 is 5.97 Å². The number of ether oxygens (including phenoxy) is 3. The van der Waals surface area contributed by atoms with Crippen molar-refractivity contribution >= 4 is 29.1 Å². The van der Waals surface area contributed by atoms with Crippen LogP contribution in [0.3, 0.4) is 0 Å². The van der Waals surface area contributed by atoms with Crippen LogP contribution in [0.2, 0.25) is 0 Å². The maximum Gasteiger partial charge on any atom is 0.307 e. The summed E-state index contributed by atoms with van der Waals surface area (Å²) in [5.41, 5.74) is 1.58. The zero-order valence-corrected chi connectivity index (χ0v) is 19.1. The number of carbonyl (C=O) groups excluding carboxylic acids is 2. The number of anilines is 1. The number of rotatable bonds is 6. The number of nitrogens with zero attached hydrogens (tertiary/aromatic N) is 1. The van der Waals surface area contributed by atoms with Gasteiger partial charge in [0.25, 0.3) is 11.7 Å². The number of para-hydroxylation sites is 1. The molecule has 0 aromatic heterocycles. The van der Waals surface area contributed by atoms with Crippen LogP contribution in [-0.2, 0) is 20.8 Å². The Kier molecular flexibility index (Phi) is 5.81. The number of fused-ring (bicyclic) bond motifs is 1. The van der Waals surface area contributed by atoms with E-state index in [0.717, 1.165) is 0 Å². The van der Waals surface area contributed by atoms with Crippen LogP contribution >= 0.6 is 0 Å². The SMILES string of the molecule is COc1ccccc1C1/C(=C(\O)c2ccc3c(c2)OCO3)C(=O)C(=O)N1c1ccc(CC(=O)O)cc1. The van der Waals surface area contributed by atoms with E-state index in [0.29, 0.717) is 34.1 Å². The number of aliphatic hydroxyl groups is 1. The lowest BCUT2D eigenvalue weighted by Gasteiger charge is -2.26. The highest BCUT2D eigenvalue weighted by Crippen LogP contribution is 2.45.